The van der Waals surface area contributed by atoms with E-state index in [1.807, 2.05) is 6.07 Å². The molecule has 3 aliphatic rings. The molecule has 248 valence electrons. The molecule has 1 saturated heterocycles. The van der Waals surface area contributed by atoms with Crippen LogP contribution in [0.1, 0.15) is 63.4 Å². The molecule has 0 aromatic heterocycles. The molecule has 5 rings (SSSR count). The highest BCUT2D eigenvalue weighted by Gasteiger charge is 2.85. The predicted octanol–water partition coefficient (Wildman–Crippen LogP) is 3.84. The van der Waals surface area contributed by atoms with Crippen LogP contribution < -0.4 is 0 Å². The topological polar surface area (TPSA) is 152 Å². The number of carbonyl (C=O) groups excluding carboxylic acids is 3. The first-order valence-electron chi connectivity index (χ1n) is 15.1. The average molecular weight is 657 g/mol. The van der Waals surface area contributed by atoms with E-state index in [0.29, 0.717) is 0 Å². The monoisotopic (exact) mass is 656 g/mol. The zero-order valence-corrected chi connectivity index (χ0v) is 27.5. The molecule has 0 radical (unpaired) electrons. The van der Waals surface area contributed by atoms with Gasteiger partial charge in [0.2, 0.25) is 0 Å². The standard InChI is InChI=1S/C34H40O11S/c1-21(35)41-24-19-20-32(4,38)34-28(44-46(6,39)40)26(31(2,3)45-34)27(42-25(36)18-17-22-13-9-7-10-14-22)29(33(24,34)5)43-30(37)23-15-11-8-12-16-23/h7-18,24,26-29,38H,19-20H2,1-6H3/b18-17+/t24-,26+,27-,28+,29-,32-,33-,34-/m0/s1. The van der Waals surface area contributed by atoms with Crippen LogP contribution >= 0.6 is 0 Å². The van der Waals surface area contributed by atoms with Crippen molar-refractivity contribution < 1.29 is 51.0 Å². The van der Waals surface area contributed by atoms with Crippen LogP contribution in [0, 0.1) is 11.3 Å². The van der Waals surface area contributed by atoms with Crippen molar-refractivity contribution >= 4 is 34.1 Å². The fourth-order valence-electron chi connectivity index (χ4n) is 7.88. The Balaban J connectivity index is 1.73. The minimum Gasteiger partial charge on any atom is -0.462 e. The van der Waals surface area contributed by atoms with Crippen molar-refractivity contribution in [2.75, 3.05) is 6.26 Å². The molecule has 0 amide bonds. The first kappa shape index (κ1) is 33.8. The summed E-state index contributed by atoms with van der Waals surface area (Å²) in [6.45, 7) is 7.64. The Morgan fingerprint density at radius 3 is 2.11 bits per heavy atom. The summed E-state index contributed by atoms with van der Waals surface area (Å²) in [4.78, 5) is 39.8. The van der Waals surface area contributed by atoms with Gasteiger partial charge in [0.25, 0.3) is 10.1 Å². The van der Waals surface area contributed by atoms with Gasteiger partial charge >= 0.3 is 17.9 Å². The smallest absolute Gasteiger partial charge is 0.338 e. The fourth-order valence-corrected chi connectivity index (χ4v) is 8.51. The largest absolute Gasteiger partial charge is 0.462 e. The van der Waals surface area contributed by atoms with Crippen molar-refractivity contribution in [3.05, 3.63) is 77.9 Å². The molecule has 46 heavy (non-hydrogen) atoms. The summed E-state index contributed by atoms with van der Waals surface area (Å²) in [7, 11) is -4.22. The summed E-state index contributed by atoms with van der Waals surface area (Å²) >= 11 is 0. The first-order chi connectivity index (χ1) is 21.4. The van der Waals surface area contributed by atoms with Gasteiger partial charge in [-0.2, -0.15) is 8.42 Å². The van der Waals surface area contributed by atoms with Gasteiger partial charge < -0.3 is 24.1 Å². The van der Waals surface area contributed by atoms with Crippen LogP contribution in [0.5, 0.6) is 0 Å². The molecule has 0 unspecified atom stereocenters. The van der Waals surface area contributed by atoms with Crippen LogP contribution in [-0.2, 0) is 42.8 Å². The van der Waals surface area contributed by atoms with E-state index in [1.165, 1.54) is 19.9 Å². The van der Waals surface area contributed by atoms with E-state index in [0.717, 1.165) is 11.8 Å². The van der Waals surface area contributed by atoms with E-state index in [1.54, 1.807) is 81.4 Å². The number of carbonyl (C=O) groups is 3. The molecule has 2 saturated carbocycles. The van der Waals surface area contributed by atoms with Crippen LogP contribution in [0.15, 0.2) is 66.7 Å². The second-order valence-electron chi connectivity index (χ2n) is 13.2. The van der Waals surface area contributed by atoms with Gasteiger partial charge in [-0.05, 0) is 64.3 Å². The molecular weight excluding hydrogens is 616 g/mol. The van der Waals surface area contributed by atoms with Crippen molar-refractivity contribution in [1.29, 1.82) is 0 Å². The summed E-state index contributed by atoms with van der Waals surface area (Å²) in [5.74, 6) is -3.32. The molecule has 2 aliphatic carbocycles. The quantitative estimate of drug-likeness (QED) is 0.191. The van der Waals surface area contributed by atoms with Crippen LogP contribution in [0.4, 0.5) is 0 Å². The van der Waals surface area contributed by atoms with Crippen LogP contribution in [0.2, 0.25) is 0 Å². The van der Waals surface area contributed by atoms with Gasteiger partial charge in [-0.25, -0.2) is 9.59 Å². The van der Waals surface area contributed by atoms with E-state index in [4.69, 9.17) is 23.1 Å². The van der Waals surface area contributed by atoms with E-state index >= 15 is 0 Å². The second kappa shape index (κ2) is 11.9. The van der Waals surface area contributed by atoms with E-state index < -0.39 is 80.6 Å². The normalized spacial score (nSPS) is 34.8. The lowest BCUT2D eigenvalue weighted by Gasteiger charge is -2.65. The third-order valence-corrected chi connectivity index (χ3v) is 10.2. The summed E-state index contributed by atoms with van der Waals surface area (Å²) < 4.78 is 56.5. The number of esters is 3. The second-order valence-corrected chi connectivity index (χ2v) is 14.8. The van der Waals surface area contributed by atoms with Gasteiger partial charge in [0, 0.05) is 13.0 Å². The van der Waals surface area contributed by atoms with Gasteiger partial charge in [-0.3, -0.25) is 8.98 Å². The molecule has 2 aromatic carbocycles. The molecule has 1 heterocycles. The molecular formula is C34H40O11S. The van der Waals surface area contributed by atoms with E-state index in [-0.39, 0.29) is 18.4 Å². The summed E-state index contributed by atoms with van der Waals surface area (Å²) in [6.07, 6.45) is -1.55. The van der Waals surface area contributed by atoms with Crippen molar-refractivity contribution in [2.45, 2.75) is 88.7 Å². The van der Waals surface area contributed by atoms with Crippen molar-refractivity contribution in [3.8, 4) is 0 Å². The first-order valence-corrected chi connectivity index (χ1v) is 16.9. The van der Waals surface area contributed by atoms with Gasteiger partial charge in [-0.1, -0.05) is 48.5 Å². The lowest BCUT2D eigenvalue weighted by Crippen LogP contribution is -2.81. The molecule has 1 N–H and O–H groups in total. The van der Waals surface area contributed by atoms with Gasteiger partial charge in [0.05, 0.1) is 34.4 Å². The molecule has 1 spiro atoms. The van der Waals surface area contributed by atoms with Gasteiger partial charge in [0.15, 0.2) is 6.10 Å². The number of benzene rings is 2. The van der Waals surface area contributed by atoms with Crippen LogP contribution in [0.25, 0.3) is 6.08 Å². The number of ether oxygens (including phenoxy) is 4. The van der Waals surface area contributed by atoms with Gasteiger partial charge in [-0.15, -0.1) is 0 Å². The lowest BCUT2D eigenvalue weighted by atomic mass is 9.47. The number of aliphatic hydroxyl groups is 1. The summed E-state index contributed by atoms with van der Waals surface area (Å²) in [6, 6.07) is 17.2. The van der Waals surface area contributed by atoms with Crippen molar-refractivity contribution in [1.82, 2.24) is 0 Å². The summed E-state index contributed by atoms with van der Waals surface area (Å²) in [5, 5.41) is 12.2. The molecule has 12 heteroatoms. The Bertz CT molecular complexity index is 1620. The van der Waals surface area contributed by atoms with Crippen LogP contribution in [0.3, 0.4) is 0 Å². The third-order valence-electron chi connectivity index (χ3n) is 9.65. The molecule has 11 nitrogen and oxygen atoms in total. The minimum atomic E-state index is -4.22. The minimum absolute atomic E-state index is 0.0244. The maximum absolute atomic E-state index is 13.8. The molecule has 2 bridgehead atoms. The highest BCUT2D eigenvalue weighted by molar-refractivity contribution is 7.86. The zero-order chi connectivity index (χ0) is 33.7. The van der Waals surface area contributed by atoms with E-state index in [9.17, 15) is 27.9 Å². The number of rotatable bonds is 8. The average Bonchev–Trinajstić information content (AvgIpc) is 3.18. The number of hydrogen-bond donors (Lipinski definition) is 1. The van der Waals surface area contributed by atoms with Crippen molar-refractivity contribution in [3.63, 3.8) is 0 Å². The Morgan fingerprint density at radius 2 is 1.52 bits per heavy atom. The lowest BCUT2D eigenvalue weighted by molar-refractivity contribution is -0.332. The third kappa shape index (κ3) is 5.76. The Hall–Kier alpha value is -3.58. The molecule has 1 aliphatic heterocycles. The SMILES string of the molecule is CC(=O)O[C@H]1CC[C@](C)(O)[C@]23OC(C)(C)[C@H]([C@H](OC(=O)/C=C/c4ccccc4)[C@H](OC(=O)c4ccccc4)[C@]12C)[C@H]3OS(C)(=O)=O. The maximum atomic E-state index is 13.8. The molecule has 2 aromatic rings. The highest BCUT2D eigenvalue weighted by Crippen LogP contribution is 2.69. The van der Waals surface area contributed by atoms with Crippen molar-refractivity contribution in [2.24, 2.45) is 11.3 Å². The van der Waals surface area contributed by atoms with Crippen LogP contribution in [-0.4, -0.2) is 78.9 Å². The van der Waals surface area contributed by atoms with E-state index in [2.05, 4.69) is 0 Å². The maximum Gasteiger partial charge on any atom is 0.338 e. The number of hydrogen-bond acceptors (Lipinski definition) is 11. The Labute approximate surface area is 268 Å². The number of fused-ring (bicyclic) bond motifs is 1. The Kier molecular flexibility index (Phi) is 8.73. The predicted molar refractivity (Wildman–Crippen MR) is 166 cm³/mol. The molecule has 8 atom stereocenters. The Morgan fingerprint density at radius 1 is 0.913 bits per heavy atom. The zero-order valence-electron chi connectivity index (χ0n) is 26.7. The highest BCUT2D eigenvalue weighted by atomic mass is 32.2. The molecule has 3 fully saturated rings. The van der Waals surface area contributed by atoms with Gasteiger partial charge in [0.1, 0.15) is 23.9 Å². The summed E-state index contributed by atoms with van der Waals surface area (Å²) in [5.41, 5.74) is -5.83. The fraction of sp³-hybridized carbons (Fsp3) is 0.500.